The van der Waals surface area contributed by atoms with Gasteiger partial charge in [-0.3, -0.25) is 9.59 Å². The summed E-state index contributed by atoms with van der Waals surface area (Å²) in [7, 11) is 0. The molecule has 2 N–H and O–H groups in total. The minimum Gasteiger partial charge on any atom is -0.484 e. The van der Waals surface area contributed by atoms with Gasteiger partial charge in [0.1, 0.15) is 5.75 Å². The highest BCUT2D eigenvalue weighted by Crippen LogP contribution is 2.19. The van der Waals surface area contributed by atoms with E-state index in [4.69, 9.17) is 4.74 Å². The molecule has 0 fully saturated rings. The van der Waals surface area contributed by atoms with Crippen LogP contribution in [0.3, 0.4) is 0 Å². The standard InChI is InChI=1S/C24H24N2O3/c1-17-8-6-9-18(2)23(17)26-22(27)16-29-21-13-7-12-20(14-21)24(28)25-15-19-10-4-3-5-11-19/h3-14H,15-16H2,1-2H3,(H,25,28)(H,26,27). The van der Waals surface area contributed by atoms with Crippen molar-refractivity contribution in [2.75, 3.05) is 11.9 Å². The zero-order chi connectivity index (χ0) is 20.6. The van der Waals surface area contributed by atoms with Crippen LogP contribution >= 0.6 is 0 Å². The lowest BCUT2D eigenvalue weighted by atomic mass is 10.1. The third-order valence-corrected chi connectivity index (χ3v) is 4.51. The fourth-order valence-electron chi connectivity index (χ4n) is 2.94. The summed E-state index contributed by atoms with van der Waals surface area (Å²) < 4.78 is 5.58. The molecule has 0 aliphatic heterocycles. The number of anilines is 1. The first-order valence-electron chi connectivity index (χ1n) is 9.44. The van der Waals surface area contributed by atoms with E-state index in [-0.39, 0.29) is 18.4 Å². The fourth-order valence-corrected chi connectivity index (χ4v) is 2.94. The molecule has 0 radical (unpaired) electrons. The molecule has 29 heavy (non-hydrogen) atoms. The highest BCUT2D eigenvalue weighted by Gasteiger charge is 2.10. The molecule has 0 saturated heterocycles. The molecule has 0 saturated carbocycles. The van der Waals surface area contributed by atoms with Gasteiger partial charge in [-0.25, -0.2) is 0 Å². The smallest absolute Gasteiger partial charge is 0.262 e. The van der Waals surface area contributed by atoms with Crippen LogP contribution in [0.1, 0.15) is 27.0 Å². The second-order valence-corrected chi connectivity index (χ2v) is 6.80. The molecule has 148 valence electrons. The van der Waals surface area contributed by atoms with Crippen molar-refractivity contribution in [2.24, 2.45) is 0 Å². The van der Waals surface area contributed by atoms with E-state index in [1.54, 1.807) is 24.3 Å². The summed E-state index contributed by atoms with van der Waals surface area (Å²) in [5.74, 6) is 0.0228. The van der Waals surface area contributed by atoms with Crippen molar-refractivity contribution < 1.29 is 14.3 Å². The summed E-state index contributed by atoms with van der Waals surface area (Å²) in [5.41, 5.74) is 4.30. The van der Waals surface area contributed by atoms with Crippen molar-refractivity contribution >= 4 is 17.5 Å². The van der Waals surface area contributed by atoms with E-state index in [1.165, 1.54) is 0 Å². The maximum atomic E-state index is 12.4. The topological polar surface area (TPSA) is 67.4 Å². The lowest BCUT2D eigenvalue weighted by molar-refractivity contribution is -0.118. The third-order valence-electron chi connectivity index (χ3n) is 4.51. The van der Waals surface area contributed by atoms with E-state index in [9.17, 15) is 9.59 Å². The molecule has 0 unspecified atom stereocenters. The first-order chi connectivity index (χ1) is 14.0. The third kappa shape index (κ3) is 5.69. The Labute approximate surface area is 170 Å². The highest BCUT2D eigenvalue weighted by molar-refractivity contribution is 5.95. The SMILES string of the molecule is Cc1cccc(C)c1NC(=O)COc1cccc(C(=O)NCc2ccccc2)c1. The van der Waals surface area contributed by atoms with Gasteiger partial charge in [-0.2, -0.15) is 0 Å². The van der Waals surface area contributed by atoms with Gasteiger partial charge in [0.05, 0.1) is 0 Å². The Hall–Kier alpha value is -3.60. The van der Waals surface area contributed by atoms with E-state index in [1.807, 2.05) is 62.4 Å². The Morgan fingerprint density at radius 2 is 1.55 bits per heavy atom. The minimum absolute atomic E-state index is 0.136. The minimum atomic E-state index is -0.249. The molecule has 3 aromatic carbocycles. The van der Waals surface area contributed by atoms with Crippen LogP contribution in [0, 0.1) is 13.8 Å². The number of carbonyl (C=O) groups is 2. The first-order valence-corrected chi connectivity index (χ1v) is 9.44. The maximum absolute atomic E-state index is 12.4. The van der Waals surface area contributed by atoms with Crippen LogP contribution in [-0.2, 0) is 11.3 Å². The molecule has 0 atom stereocenters. The van der Waals surface area contributed by atoms with Crippen molar-refractivity contribution in [3.63, 3.8) is 0 Å². The summed E-state index contributed by atoms with van der Waals surface area (Å²) in [6.07, 6.45) is 0. The van der Waals surface area contributed by atoms with Gasteiger partial charge in [0.15, 0.2) is 6.61 Å². The Morgan fingerprint density at radius 1 is 0.862 bits per heavy atom. The van der Waals surface area contributed by atoms with Crippen molar-refractivity contribution in [1.82, 2.24) is 5.32 Å². The second-order valence-electron chi connectivity index (χ2n) is 6.80. The molecule has 0 aliphatic rings. The molecule has 5 heteroatoms. The molecule has 0 spiro atoms. The van der Waals surface area contributed by atoms with Crippen LogP contribution < -0.4 is 15.4 Å². The van der Waals surface area contributed by atoms with Crippen molar-refractivity contribution in [3.8, 4) is 5.75 Å². The second kappa shape index (κ2) is 9.55. The van der Waals surface area contributed by atoms with Crippen LogP contribution in [0.5, 0.6) is 5.75 Å². The molecular formula is C24H24N2O3. The number of ether oxygens (including phenoxy) is 1. The summed E-state index contributed by atoms with van der Waals surface area (Å²) >= 11 is 0. The molecule has 0 heterocycles. The van der Waals surface area contributed by atoms with E-state index < -0.39 is 0 Å². The number of aryl methyl sites for hydroxylation is 2. The van der Waals surface area contributed by atoms with Crippen molar-refractivity contribution in [2.45, 2.75) is 20.4 Å². The van der Waals surface area contributed by atoms with E-state index >= 15 is 0 Å². The number of hydrogen-bond acceptors (Lipinski definition) is 3. The number of rotatable bonds is 7. The molecule has 5 nitrogen and oxygen atoms in total. The highest BCUT2D eigenvalue weighted by atomic mass is 16.5. The van der Waals surface area contributed by atoms with Crippen molar-refractivity contribution in [1.29, 1.82) is 0 Å². The van der Waals surface area contributed by atoms with Crippen LogP contribution in [0.2, 0.25) is 0 Å². The number of carbonyl (C=O) groups excluding carboxylic acids is 2. The first kappa shape index (κ1) is 20.1. The number of hydrogen-bond donors (Lipinski definition) is 2. The fraction of sp³-hybridized carbons (Fsp3) is 0.167. The average Bonchev–Trinajstić information content (AvgIpc) is 2.74. The predicted molar refractivity (Wildman–Crippen MR) is 114 cm³/mol. The molecule has 0 bridgehead atoms. The van der Waals surface area contributed by atoms with Gasteiger partial charge < -0.3 is 15.4 Å². The van der Waals surface area contributed by atoms with E-state index in [0.717, 1.165) is 22.4 Å². The molecule has 3 rings (SSSR count). The van der Waals surface area contributed by atoms with Crippen LogP contribution in [-0.4, -0.2) is 18.4 Å². The Bertz CT molecular complexity index is 980. The number of amides is 2. The zero-order valence-electron chi connectivity index (χ0n) is 16.6. The Morgan fingerprint density at radius 3 is 2.28 bits per heavy atom. The number of para-hydroxylation sites is 1. The van der Waals surface area contributed by atoms with Crippen LogP contribution in [0.4, 0.5) is 5.69 Å². The maximum Gasteiger partial charge on any atom is 0.262 e. The van der Waals surface area contributed by atoms with Gasteiger partial charge in [-0.1, -0.05) is 54.6 Å². The largest absolute Gasteiger partial charge is 0.484 e. The van der Waals surface area contributed by atoms with Gasteiger partial charge in [0.25, 0.3) is 11.8 Å². The van der Waals surface area contributed by atoms with Gasteiger partial charge >= 0.3 is 0 Å². The molecular weight excluding hydrogens is 364 g/mol. The summed E-state index contributed by atoms with van der Waals surface area (Å²) in [4.78, 5) is 24.6. The van der Waals surface area contributed by atoms with Crippen molar-refractivity contribution in [3.05, 3.63) is 95.1 Å². The van der Waals surface area contributed by atoms with E-state index in [0.29, 0.717) is 17.9 Å². The molecule has 2 amide bonds. The van der Waals surface area contributed by atoms with E-state index in [2.05, 4.69) is 10.6 Å². The lowest BCUT2D eigenvalue weighted by Crippen LogP contribution is -2.23. The van der Waals surface area contributed by atoms with Crippen LogP contribution in [0.15, 0.2) is 72.8 Å². The van der Waals surface area contributed by atoms with Gasteiger partial charge in [0.2, 0.25) is 0 Å². The zero-order valence-corrected chi connectivity index (χ0v) is 16.6. The molecule has 0 aromatic heterocycles. The summed E-state index contributed by atoms with van der Waals surface area (Å²) in [6.45, 7) is 4.20. The predicted octanol–water partition coefficient (Wildman–Crippen LogP) is 4.25. The Kier molecular flexibility index (Phi) is 6.63. The molecule has 3 aromatic rings. The molecule has 0 aliphatic carbocycles. The normalized spacial score (nSPS) is 10.3. The van der Waals surface area contributed by atoms with Gasteiger partial charge in [0, 0.05) is 17.8 Å². The quantitative estimate of drug-likeness (QED) is 0.636. The summed E-state index contributed by atoms with van der Waals surface area (Å²) in [5, 5.41) is 5.76. The van der Waals surface area contributed by atoms with Crippen LogP contribution in [0.25, 0.3) is 0 Å². The van der Waals surface area contributed by atoms with Gasteiger partial charge in [-0.05, 0) is 48.7 Å². The summed E-state index contributed by atoms with van der Waals surface area (Å²) in [6, 6.07) is 22.3. The number of nitrogens with one attached hydrogen (secondary N) is 2. The monoisotopic (exact) mass is 388 g/mol. The van der Waals surface area contributed by atoms with Gasteiger partial charge in [-0.15, -0.1) is 0 Å². The number of benzene rings is 3. The average molecular weight is 388 g/mol. The lowest BCUT2D eigenvalue weighted by Gasteiger charge is -2.12. The Balaban J connectivity index is 1.55.